The van der Waals surface area contributed by atoms with Crippen LogP contribution in [0.5, 0.6) is 0 Å². The normalized spacial score (nSPS) is 36.6. The van der Waals surface area contributed by atoms with E-state index in [2.05, 4.69) is 4.74 Å². The number of alkyl halides is 1. The van der Waals surface area contributed by atoms with E-state index in [9.17, 15) is 19.1 Å². The molecule has 1 fully saturated rings. The van der Waals surface area contributed by atoms with E-state index in [1.807, 2.05) is 0 Å². The van der Waals surface area contributed by atoms with Gasteiger partial charge in [-0.3, -0.25) is 9.59 Å². The highest BCUT2D eigenvalue weighted by molar-refractivity contribution is 5.66. The fourth-order valence-electron chi connectivity index (χ4n) is 1.57. The molecular weight excluding hydrogens is 235 g/mol. The van der Waals surface area contributed by atoms with Crippen LogP contribution < -0.4 is 0 Å². The summed E-state index contributed by atoms with van der Waals surface area (Å²) in [5, 5.41) is 9.35. The van der Waals surface area contributed by atoms with E-state index in [1.165, 1.54) is 6.92 Å². The van der Waals surface area contributed by atoms with E-state index in [0.29, 0.717) is 0 Å². The van der Waals surface area contributed by atoms with Gasteiger partial charge in [0.1, 0.15) is 12.7 Å². The maximum Gasteiger partial charge on any atom is 0.303 e. The van der Waals surface area contributed by atoms with Crippen molar-refractivity contribution in [2.75, 3.05) is 6.61 Å². The van der Waals surface area contributed by atoms with Crippen molar-refractivity contribution in [3.63, 3.8) is 0 Å². The molecule has 1 aliphatic heterocycles. The number of aliphatic hydroxyl groups excluding tert-OH is 1. The molecule has 7 heteroatoms. The molecule has 1 rings (SSSR count). The van der Waals surface area contributed by atoms with Crippen LogP contribution in [-0.4, -0.2) is 47.8 Å². The van der Waals surface area contributed by atoms with E-state index in [-0.39, 0.29) is 6.61 Å². The number of carbonyl (C=O) groups is 2. The first-order valence-electron chi connectivity index (χ1n) is 5.08. The standard InChI is InChI=1S/C10H15FO6/c1-5(12)15-4-7-8(16-6(2)13)10(3,11)9(14)17-7/h7-9,14H,4H2,1-3H3/t7-,8-,9-,10-/m1/s1. The van der Waals surface area contributed by atoms with Crippen molar-refractivity contribution in [1.82, 2.24) is 0 Å². The molecule has 0 unspecified atom stereocenters. The summed E-state index contributed by atoms with van der Waals surface area (Å²) in [6.45, 7) is 3.06. The zero-order valence-electron chi connectivity index (χ0n) is 9.81. The van der Waals surface area contributed by atoms with Gasteiger partial charge in [0.05, 0.1) is 0 Å². The van der Waals surface area contributed by atoms with E-state index >= 15 is 0 Å². The summed E-state index contributed by atoms with van der Waals surface area (Å²) >= 11 is 0. The predicted octanol–water partition coefficient (Wildman–Crippen LogP) is -0.0734. The Balaban J connectivity index is 2.74. The minimum absolute atomic E-state index is 0.288. The average Bonchev–Trinajstić information content (AvgIpc) is 2.38. The summed E-state index contributed by atoms with van der Waals surface area (Å²) < 4.78 is 28.3. The maximum atomic E-state index is 14.0. The molecule has 0 spiro atoms. The second-order valence-electron chi connectivity index (χ2n) is 4.01. The summed E-state index contributed by atoms with van der Waals surface area (Å²) in [5.41, 5.74) is -2.24. The van der Waals surface area contributed by atoms with E-state index in [1.54, 1.807) is 0 Å². The van der Waals surface area contributed by atoms with Crippen LogP contribution in [0.4, 0.5) is 4.39 Å². The largest absolute Gasteiger partial charge is 0.463 e. The average molecular weight is 250 g/mol. The lowest BCUT2D eigenvalue weighted by molar-refractivity contribution is -0.159. The number of aliphatic hydroxyl groups is 1. The Labute approximate surface area is 97.6 Å². The van der Waals surface area contributed by atoms with E-state index in [4.69, 9.17) is 9.47 Å². The molecule has 6 nitrogen and oxygen atoms in total. The molecule has 0 aromatic rings. The summed E-state index contributed by atoms with van der Waals surface area (Å²) in [6, 6.07) is 0. The van der Waals surface area contributed by atoms with Crippen molar-refractivity contribution in [2.24, 2.45) is 0 Å². The lowest BCUT2D eigenvalue weighted by Crippen LogP contribution is -2.45. The molecule has 1 aliphatic rings. The van der Waals surface area contributed by atoms with Gasteiger partial charge in [0.15, 0.2) is 18.1 Å². The molecular formula is C10H15FO6. The van der Waals surface area contributed by atoms with Crippen LogP contribution in [-0.2, 0) is 23.8 Å². The Kier molecular flexibility index (Phi) is 4.05. The maximum absolute atomic E-state index is 14.0. The van der Waals surface area contributed by atoms with Crippen molar-refractivity contribution >= 4 is 11.9 Å². The molecule has 0 saturated carbocycles. The van der Waals surface area contributed by atoms with Crippen molar-refractivity contribution in [2.45, 2.75) is 44.9 Å². The van der Waals surface area contributed by atoms with Gasteiger partial charge in [0.2, 0.25) is 0 Å². The highest BCUT2D eigenvalue weighted by Gasteiger charge is 2.56. The van der Waals surface area contributed by atoms with Crippen molar-refractivity contribution in [1.29, 1.82) is 0 Å². The Morgan fingerprint density at radius 2 is 2.00 bits per heavy atom. The lowest BCUT2D eigenvalue weighted by atomic mass is 9.99. The summed E-state index contributed by atoms with van der Waals surface area (Å²) in [6.07, 6.45) is -4.06. The van der Waals surface area contributed by atoms with Crippen LogP contribution in [0, 0.1) is 0 Å². The zero-order valence-corrected chi connectivity index (χ0v) is 9.81. The Hall–Kier alpha value is -1.21. The molecule has 1 N–H and O–H groups in total. The highest BCUT2D eigenvalue weighted by Crippen LogP contribution is 2.35. The molecule has 0 radical (unpaired) electrons. The van der Waals surface area contributed by atoms with Gasteiger partial charge in [0.25, 0.3) is 0 Å². The minimum atomic E-state index is -2.24. The Morgan fingerprint density at radius 1 is 1.41 bits per heavy atom. The number of ether oxygens (including phenoxy) is 3. The molecule has 0 aromatic carbocycles. The van der Waals surface area contributed by atoms with Crippen molar-refractivity contribution in [3.8, 4) is 0 Å². The number of rotatable bonds is 3. The molecule has 0 aromatic heterocycles. The predicted molar refractivity (Wildman–Crippen MR) is 52.6 cm³/mol. The van der Waals surface area contributed by atoms with Crippen molar-refractivity contribution < 1.29 is 33.3 Å². The molecule has 98 valence electrons. The van der Waals surface area contributed by atoms with Gasteiger partial charge in [-0.25, -0.2) is 4.39 Å². The topological polar surface area (TPSA) is 82.1 Å². The molecule has 0 aliphatic carbocycles. The molecule has 0 amide bonds. The van der Waals surface area contributed by atoms with Crippen LogP contribution in [0.2, 0.25) is 0 Å². The van der Waals surface area contributed by atoms with Gasteiger partial charge >= 0.3 is 11.9 Å². The van der Waals surface area contributed by atoms with Gasteiger partial charge in [-0.15, -0.1) is 0 Å². The van der Waals surface area contributed by atoms with Crippen LogP contribution in [0.3, 0.4) is 0 Å². The summed E-state index contributed by atoms with van der Waals surface area (Å²) in [5.74, 6) is -1.28. The smallest absolute Gasteiger partial charge is 0.303 e. The first-order chi connectivity index (χ1) is 7.75. The number of carbonyl (C=O) groups excluding carboxylic acids is 2. The monoisotopic (exact) mass is 250 g/mol. The van der Waals surface area contributed by atoms with Gasteiger partial charge < -0.3 is 19.3 Å². The summed E-state index contributed by atoms with van der Waals surface area (Å²) in [7, 11) is 0. The third-order valence-electron chi connectivity index (χ3n) is 2.42. The van der Waals surface area contributed by atoms with Gasteiger partial charge in [-0.1, -0.05) is 0 Å². The fraction of sp³-hybridized carbons (Fsp3) is 0.800. The van der Waals surface area contributed by atoms with Crippen LogP contribution >= 0.6 is 0 Å². The second-order valence-corrected chi connectivity index (χ2v) is 4.01. The number of hydrogen-bond donors (Lipinski definition) is 1. The van der Waals surface area contributed by atoms with Crippen LogP contribution in [0.1, 0.15) is 20.8 Å². The van der Waals surface area contributed by atoms with E-state index < -0.39 is 36.1 Å². The fourth-order valence-corrected chi connectivity index (χ4v) is 1.57. The van der Waals surface area contributed by atoms with Gasteiger partial charge in [-0.05, 0) is 6.92 Å². The van der Waals surface area contributed by atoms with Gasteiger partial charge in [-0.2, -0.15) is 0 Å². The van der Waals surface area contributed by atoms with Gasteiger partial charge in [0, 0.05) is 13.8 Å². The highest BCUT2D eigenvalue weighted by atomic mass is 19.1. The first kappa shape index (κ1) is 13.9. The third-order valence-corrected chi connectivity index (χ3v) is 2.42. The Morgan fingerprint density at radius 3 is 2.47 bits per heavy atom. The SMILES string of the molecule is CC(=O)OC[C@H]1O[C@@H](O)[C@](C)(F)[C@@H]1OC(C)=O. The van der Waals surface area contributed by atoms with E-state index in [0.717, 1.165) is 13.8 Å². The quantitative estimate of drug-likeness (QED) is 0.706. The number of halogens is 1. The molecule has 17 heavy (non-hydrogen) atoms. The van der Waals surface area contributed by atoms with Crippen LogP contribution in [0.25, 0.3) is 0 Å². The molecule has 0 bridgehead atoms. The Bertz CT molecular complexity index is 316. The molecule has 1 saturated heterocycles. The zero-order chi connectivity index (χ0) is 13.2. The molecule has 1 heterocycles. The first-order valence-corrected chi connectivity index (χ1v) is 5.08. The third kappa shape index (κ3) is 3.13. The minimum Gasteiger partial charge on any atom is -0.463 e. The lowest BCUT2D eigenvalue weighted by Gasteiger charge is -2.24. The van der Waals surface area contributed by atoms with Crippen LogP contribution in [0.15, 0.2) is 0 Å². The second kappa shape index (κ2) is 4.97. The number of hydrogen-bond acceptors (Lipinski definition) is 6. The summed E-state index contributed by atoms with van der Waals surface area (Å²) in [4.78, 5) is 21.5. The molecule has 4 atom stereocenters. The number of esters is 2. The van der Waals surface area contributed by atoms with Crippen molar-refractivity contribution in [3.05, 3.63) is 0 Å².